The fourth-order valence-corrected chi connectivity index (χ4v) is 7.59. The molecule has 1 unspecified atom stereocenters. The lowest BCUT2D eigenvalue weighted by Gasteiger charge is -2.31. The summed E-state index contributed by atoms with van der Waals surface area (Å²) in [4.78, 5) is 11.6. The van der Waals surface area contributed by atoms with Crippen LogP contribution in [0.1, 0.15) is 84.0 Å². The van der Waals surface area contributed by atoms with Crippen LogP contribution in [-0.2, 0) is 20.2 Å². The molecule has 1 rings (SSSR count). The average Bonchev–Trinajstić information content (AvgIpc) is 2.50. The fourth-order valence-electron chi connectivity index (χ4n) is 3.09. The van der Waals surface area contributed by atoms with Gasteiger partial charge in [-0.05, 0) is 52.0 Å². The van der Waals surface area contributed by atoms with Gasteiger partial charge >= 0.3 is 0 Å². The molecule has 3 nitrogen and oxygen atoms in total. The Morgan fingerprint density at radius 2 is 1.42 bits per heavy atom. The first-order valence-electron chi connectivity index (χ1n) is 9.30. The van der Waals surface area contributed by atoms with E-state index in [2.05, 4.69) is 41.5 Å². The van der Waals surface area contributed by atoms with Gasteiger partial charge in [0.15, 0.2) is 5.12 Å². The van der Waals surface area contributed by atoms with E-state index in [1.54, 1.807) is 0 Å². The lowest BCUT2D eigenvalue weighted by atomic mass is 9.78. The first-order chi connectivity index (χ1) is 11.7. The summed E-state index contributed by atoms with van der Waals surface area (Å²) in [5, 5.41) is 10.9. The number of carbonyl (C=O) groups is 1. The summed E-state index contributed by atoms with van der Waals surface area (Å²) in [6.07, 6.45) is 1.12. The Kier molecular flexibility index (Phi) is 7.27. The second kappa shape index (κ2) is 8.10. The van der Waals surface area contributed by atoms with E-state index in [9.17, 15) is 14.5 Å². The quantitative estimate of drug-likeness (QED) is 0.563. The average molecular weight is 399 g/mol. The van der Waals surface area contributed by atoms with Crippen molar-refractivity contribution in [3.05, 3.63) is 28.8 Å². The predicted molar refractivity (Wildman–Crippen MR) is 115 cm³/mol. The third kappa shape index (κ3) is 5.16. The molecule has 0 saturated carbocycles. The van der Waals surface area contributed by atoms with Crippen molar-refractivity contribution < 1.29 is 14.5 Å². The van der Waals surface area contributed by atoms with Crippen molar-refractivity contribution in [3.63, 3.8) is 0 Å². The van der Waals surface area contributed by atoms with Crippen LogP contribution in [0.25, 0.3) is 0 Å². The van der Waals surface area contributed by atoms with E-state index in [1.165, 1.54) is 18.7 Å². The van der Waals surface area contributed by atoms with Gasteiger partial charge in [0.25, 0.3) is 0 Å². The Balaban J connectivity index is 3.82. The summed E-state index contributed by atoms with van der Waals surface area (Å²) in [5.41, 5.74) is 2.06. The number of phenolic OH excluding ortho intramolecular Hbond substituents is 1. The summed E-state index contributed by atoms with van der Waals surface area (Å²) in [6, 6.07) is 3.92. The van der Waals surface area contributed by atoms with E-state index >= 15 is 0 Å². The van der Waals surface area contributed by atoms with Crippen LogP contribution in [0.3, 0.4) is 0 Å². The van der Waals surface area contributed by atoms with Crippen LogP contribution in [0, 0.1) is 0 Å². The monoisotopic (exact) mass is 398 g/mol. The van der Waals surface area contributed by atoms with Gasteiger partial charge in [0.1, 0.15) is 12.9 Å². The number of hydrogen-bond acceptors (Lipinski definition) is 4. The second-order valence-electron chi connectivity index (χ2n) is 9.01. The zero-order valence-corrected chi connectivity index (χ0v) is 19.5. The molecule has 0 aromatic heterocycles. The van der Waals surface area contributed by atoms with Gasteiger partial charge in [0, 0.05) is 6.92 Å². The second-order valence-corrected chi connectivity index (χ2v) is 14.3. The van der Waals surface area contributed by atoms with Crippen LogP contribution in [0.15, 0.2) is 12.1 Å². The maximum atomic E-state index is 13.6. The number of rotatable bonds is 5. The Hall–Kier alpha value is -0.730. The Bertz CT molecular complexity index is 668. The van der Waals surface area contributed by atoms with E-state index in [0.717, 1.165) is 16.7 Å². The third-order valence-electron chi connectivity index (χ3n) is 4.81. The zero-order chi connectivity index (χ0) is 20.5. The largest absolute Gasteiger partial charge is 0.507 e. The Morgan fingerprint density at radius 1 is 1.04 bits per heavy atom. The SMILES string of the molecule is CCP(=O)(CC)C(SC(C)=O)c1cc(C(C)(C)C)c(O)c(C(C)(C)C)c1. The van der Waals surface area contributed by atoms with Gasteiger partial charge < -0.3 is 9.67 Å². The number of phenols is 1. The highest BCUT2D eigenvalue weighted by Crippen LogP contribution is 2.64. The maximum absolute atomic E-state index is 13.6. The topological polar surface area (TPSA) is 54.4 Å². The minimum Gasteiger partial charge on any atom is -0.507 e. The number of thioether (sulfide) groups is 1. The molecule has 0 heterocycles. The lowest BCUT2D eigenvalue weighted by Crippen LogP contribution is -2.18. The van der Waals surface area contributed by atoms with Gasteiger partial charge in [-0.1, -0.05) is 67.2 Å². The lowest BCUT2D eigenvalue weighted by molar-refractivity contribution is -0.109. The molecule has 0 amide bonds. The van der Waals surface area contributed by atoms with Crippen molar-refractivity contribution in [3.8, 4) is 5.75 Å². The first-order valence-corrected chi connectivity index (χ1v) is 12.3. The van der Waals surface area contributed by atoms with Gasteiger partial charge in [0.05, 0.1) is 4.99 Å². The van der Waals surface area contributed by atoms with E-state index < -0.39 is 7.14 Å². The molecule has 1 aromatic rings. The smallest absolute Gasteiger partial charge is 0.186 e. The standard InChI is InChI=1S/C21H35O3PS/c1-10-25(24,11-2)19(26-14(3)22)15-12-16(20(4,5)6)18(23)17(13-15)21(7,8)9/h12-13,19,23H,10-11H2,1-9H3. The van der Waals surface area contributed by atoms with Crippen molar-refractivity contribution in [2.45, 2.75) is 78.1 Å². The molecular formula is C21H35O3PS. The van der Waals surface area contributed by atoms with Gasteiger partial charge in [-0.2, -0.15) is 0 Å². The van der Waals surface area contributed by atoms with Gasteiger partial charge in [0.2, 0.25) is 0 Å². The van der Waals surface area contributed by atoms with Crippen LogP contribution in [0.4, 0.5) is 0 Å². The van der Waals surface area contributed by atoms with Crippen LogP contribution in [0.5, 0.6) is 5.75 Å². The van der Waals surface area contributed by atoms with Crippen LogP contribution in [-0.4, -0.2) is 22.5 Å². The number of carbonyl (C=O) groups excluding carboxylic acids is 1. The first kappa shape index (κ1) is 23.3. The highest BCUT2D eigenvalue weighted by Gasteiger charge is 2.36. The Morgan fingerprint density at radius 3 is 1.69 bits per heavy atom. The van der Waals surface area contributed by atoms with Crippen LogP contribution < -0.4 is 0 Å². The van der Waals surface area contributed by atoms with Crippen molar-refractivity contribution >= 4 is 24.0 Å². The predicted octanol–water partition coefficient (Wildman–Crippen LogP) is 6.67. The number of benzene rings is 1. The number of aromatic hydroxyl groups is 1. The third-order valence-corrected chi connectivity index (χ3v) is 10.4. The van der Waals surface area contributed by atoms with Crippen molar-refractivity contribution in [2.24, 2.45) is 0 Å². The molecule has 0 aliphatic carbocycles. The normalized spacial score (nSPS) is 14.3. The minimum absolute atomic E-state index is 0.0279. The molecule has 0 aliphatic heterocycles. The zero-order valence-electron chi connectivity index (χ0n) is 17.8. The summed E-state index contributed by atoms with van der Waals surface area (Å²) < 4.78 is 13.6. The van der Waals surface area contributed by atoms with E-state index in [1.807, 2.05) is 26.0 Å². The minimum atomic E-state index is -2.57. The van der Waals surface area contributed by atoms with Gasteiger partial charge in [-0.15, -0.1) is 0 Å². The Labute approximate surface area is 163 Å². The highest BCUT2D eigenvalue weighted by molar-refractivity contribution is 8.18. The molecule has 0 fully saturated rings. The van der Waals surface area contributed by atoms with Gasteiger partial charge in [-0.3, -0.25) is 4.79 Å². The molecule has 5 heteroatoms. The van der Waals surface area contributed by atoms with E-state index in [0.29, 0.717) is 18.1 Å². The molecule has 1 atom stereocenters. The summed E-state index contributed by atoms with van der Waals surface area (Å²) in [5.74, 6) is 0.308. The molecule has 148 valence electrons. The molecule has 26 heavy (non-hydrogen) atoms. The molecule has 0 saturated heterocycles. The molecule has 0 spiro atoms. The summed E-state index contributed by atoms with van der Waals surface area (Å²) >= 11 is 1.17. The molecule has 1 aromatic carbocycles. The van der Waals surface area contributed by atoms with Gasteiger partial charge in [-0.25, -0.2) is 0 Å². The van der Waals surface area contributed by atoms with Crippen molar-refractivity contribution in [1.82, 2.24) is 0 Å². The number of hydrogen-bond donors (Lipinski definition) is 1. The van der Waals surface area contributed by atoms with Crippen LogP contribution >= 0.6 is 18.9 Å². The fraction of sp³-hybridized carbons (Fsp3) is 0.667. The highest BCUT2D eigenvalue weighted by atomic mass is 32.2. The molecule has 0 bridgehead atoms. The maximum Gasteiger partial charge on any atom is 0.186 e. The van der Waals surface area contributed by atoms with Crippen molar-refractivity contribution in [2.75, 3.05) is 12.3 Å². The van der Waals surface area contributed by atoms with E-state index in [-0.39, 0.29) is 20.9 Å². The van der Waals surface area contributed by atoms with Crippen molar-refractivity contribution in [1.29, 1.82) is 0 Å². The molecule has 0 aliphatic rings. The molecular weight excluding hydrogens is 363 g/mol. The molecule has 1 N–H and O–H groups in total. The molecule has 0 radical (unpaired) electrons. The van der Waals surface area contributed by atoms with Crippen LogP contribution in [0.2, 0.25) is 0 Å². The van der Waals surface area contributed by atoms with E-state index in [4.69, 9.17) is 0 Å². The summed E-state index contributed by atoms with van der Waals surface area (Å²) in [6.45, 7) is 17.8. The summed E-state index contributed by atoms with van der Waals surface area (Å²) in [7, 11) is -2.57.